The highest BCUT2D eigenvalue weighted by Gasteiger charge is 2.30. The Morgan fingerprint density at radius 2 is 1.10 bits per heavy atom. The summed E-state index contributed by atoms with van der Waals surface area (Å²) < 4.78 is 0. The number of fused-ring (bicyclic) bond motifs is 2. The summed E-state index contributed by atoms with van der Waals surface area (Å²) in [5.74, 6) is 1.95. The Bertz CT molecular complexity index is 148. The first-order valence-electron chi connectivity index (χ1n) is 4.46. The lowest BCUT2D eigenvalue weighted by molar-refractivity contribution is 0.295. The van der Waals surface area contributed by atoms with Gasteiger partial charge < -0.3 is 0 Å². The van der Waals surface area contributed by atoms with Gasteiger partial charge in [0.1, 0.15) is 0 Å². The van der Waals surface area contributed by atoms with Crippen LogP contribution in [0, 0.1) is 11.8 Å². The molecule has 1 fully saturated rings. The molecule has 0 aliphatic heterocycles. The molecule has 0 aromatic rings. The van der Waals surface area contributed by atoms with Gasteiger partial charge in [-0.05, 0) is 51.4 Å². The summed E-state index contributed by atoms with van der Waals surface area (Å²) in [4.78, 5) is 0. The average Bonchev–Trinajstić information content (AvgIpc) is 2.00. The summed E-state index contributed by atoms with van der Waals surface area (Å²) in [6.07, 6.45) is 5.92. The smallest absolute Gasteiger partial charge is 0.0203 e. The molecule has 0 N–H and O–H groups in total. The van der Waals surface area contributed by atoms with E-state index in [1.54, 1.807) is 11.1 Å². The molecule has 1 saturated carbocycles. The number of hydrogen-bond acceptors (Lipinski definition) is 0. The lowest BCUT2D eigenvalue weighted by atomic mass is 9.68. The van der Waals surface area contributed by atoms with E-state index in [1.807, 2.05) is 0 Å². The van der Waals surface area contributed by atoms with Crippen molar-refractivity contribution < 1.29 is 0 Å². The molecule has 0 radical (unpaired) electrons. The number of hydrogen-bond donors (Lipinski definition) is 0. The first-order valence-corrected chi connectivity index (χ1v) is 4.46. The maximum atomic E-state index is 2.34. The fourth-order valence-corrected chi connectivity index (χ4v) is 2.60. The third-order valence-corrected chi connectivity index (χ3v) is 3.57. The lowest BCUT2D eigenvalue weighted by Crippen LogP contribution is -2.24. The Morgan fingerprint density at radius 1 is 0.800 bits per heavy atom. The molecule has 0 aromatic carbocycles. The zero-order valence-corrected chi connectivity index (χ0v) is 6.98. The van der Waals surface area contributed by atoms with Crippen LogP contribution >= 0.6 is 0 Å². The second-order valence-electron chi connectivity index (χ2n) is 3.91. The average molecular weight is 136 g/mol. The van der Waals surface area contributed by atoms with Gasteiger partial charge in [0.05, 0.1) is 0 Å². The van der Waals surface area contributed by atoms with E-state index < -0.39 is 0 Å². The van der Waals surface area contributed by atoms with Gasteiger partial charge in [-0.3, -0.25) is 0 Å². The highest BCUT2D eigenvalue weighted by Crippen LogP contribution is 2.44. The van der Waals surface area contributed by atoms with Crippen LogP contribution in [0.5, 0.6) is 0 Å². The SMILES string of the molecule is CC1=C(C)C2CCC1CC2. The van der Waals surface area contributed by atoms with Crippen LogP contribution in [0.2, 0.25) is 0 Å². The summed E-state index contributed by atoms with van der Waals surface area (Å²) in [6.45, 7) is 4.68. The van der Waals surface area contributed by atoms with Crippen LogP contribution in [0.25, 0.3) is 0 Å². The lowest BCUT2D eigenvalue weighted by Gasteiger charge is -2.38. The fraction of sp³-hybridized carbons (Fsp3) is 0.800. The number of rotatable bonds is 0. The molecule has 0 amide bonds. The first kappa shape index (κ1) is 6.45. The standard InChI is InChI=1S/C10H16/c1-7-8(2)10-5-3-9(7)4-6-10/h9-10H,3-6H2,1-2H3. The van der Waals surface area contributed by atoms with Crippen LogP contribution < -0.4 is 0 Å². The molecular weight excluding hydrogens is 120 g/mol. The van der Waals surface area contributed by atoms with E-state index in [1.165, 1.54) is 25.7 Å². The summed E-state index contributed by atoms with van der Waals surface area (Å²) >= 11 is 0. The molecule has 56 valence electrons. The molecule has 3 aliphatic rings. The van der Waals surface area contributed by atoms with Crippen LogP contribution in [0.4, 0.5) is 0 Å². The molecule has 0 saturated heterocycles. The van der Waals surface area contributed by atoms with Crippen molar-refractivity contribution in [1.29, 1.82) is 0 Å². The van der Waals surface area contributed by atoms with Crippen molar-refractivity contribution in [1.82, 2.24) is 0 Å². The quantitative estimate of drug-likeness (QED) is 0.449. The summed E-state index contributed by atoms with van der Waals surface area (Å²) in [6, 6.07) is 0. The summed E-state index contributed by atoms with van der Waals surface area (Å²) in [7, 11) is 0. The van der Waals surface area contributed by atoms with Crippen molar-refractivity contribution >= 4 is 0 Å². The van der Waals surface area contributed by atoms with Crippen molar-refractivity contribution in [3.63, 3.8) is 0 Å². The molecule has 0 nitrogen and oxygen atoms in total. The Labute approximate surface area is 63.3 Å². The minimum Gasteiger partial charge on any atom is -0.0710 e. The molecular formula is C10H16. The van der Waals surface area contributed by atoms with Crippen LogP contribution in [0.1, 0.15) is 39.5 Å². The second kappa shape index (κ2) is 2.11. The van der Waals surface area contributed by atoms with Gasteiger partial charge in [-0.1, -0.05) is 11.1 Å². The highest BCUT2D eigenvalue weighted by atomic mass is 14.4. The Kier molecular flexibility index (Phi) is 1.36. The predicted molar refractivity (Wildman–Crippen MR) is 43.8 cm³/mol. The highest BCUT2D eigenvalue weighted by molar-refractivity contribution is 5.22. The molecule has 0 heterocycles. The summed E-state index contributed by atoms with van der Waals surface area (Å²) in [5.41, 5.74) is 3.45. The van der Waals surface area contributed by atoms with E-state index in [9.17, 15) is 0 Å². The molecule has 0 aromatic heterocycles. The third kappa shape index (κ3) is 0.744. The van der Waals surface area contributed by atoms with Crippen LogP contribution in [0.15, 0.2) is 11.1 Å². The Hall–Kier alpha value is -0.260. The van der Waals surface area contributed by atoms with E-state index >= 15 is 0 Å². The monoisotopic (exact) mass is 136 g/mol. The molecule has 0 unspecified atom stereocenters. The normalized spacial score (nSPS) is 39.0. The van der Waals surface area contributed by atoms with Gasteiger partial charge in [-0.15, -0.1) is 0 Å². The van der Waals surface area contributed by atoms with Gasteiger partial charge in [-0.2, -0.15) is 0 Å². The predicted octanol–water partition coefficient (Wildman–Crippen LogP) is 3.14. The van der Waals surface area contributed by atoms with E-state index in [-0.39, 0.29) is 0 Å². The van der Waals surface area contributed by atoms with Crippen LogP contribution in [0.3, 0.4) is 0 Å². The van der Waals surface area contributed by atoms with Crippen molar-refractivity contribution in [2.24, 2.45) is 11.8 Å². The molecule has 3 rings (SSSR count). The fourth-order valence-electron chi connectivity index (χ4n) is 2.60. The van der Waals surface area contributed by atoms with Gasteiger partial charge in [-0.25, -0.2) is 0 Å². The van der Waals surface area contributed by atoms with Crippen LogP contribution in [-0.4, -0.2) is 0 Å². The van der Waals surface area contributed by atoms with E-state index in [0.29, 0.717) is 0 Å². The largest absolute Gasteiger partial charge is 0.0710 e. The van der Waals surface area contributed by atoms with Crippen molar-refractivity contribution in [2.75, 3.05) is 0 Å². The van der Waals surface area contributed by atoms with Gasteiger partial charge in [0.25, 0.3) is 0 Å². The van der Waals surface area contributed by atoms with E-state index in [2.05, 4.69) is 13.8 Å². The first-order chi connectivity index (χ1) is 4.79. The minimum atomic E-state index is 0.977. The van der Waals surface area contributed by atoms with Crippen molar-refractivity contribution in [2.45, 2.75) is 39.5 Å². The van der Waals surface area contributed by atoms with Gasteiger partial charge in [0.15, 0.2) is 0 Å². The minimum absolute atomic E-state index is 0.977. The van der Waals surface area contributed by atoms with Crippen molar-refractivity contribution in [3.8, 4) is 0 Å². The maximum absolute atomic E-state index is 2.34. The van der Waals surface area contributed by atoms with Crippen molar-refractivity contribution in [3.05, 3.63) is 11.1 Å². The Morgan fingerprint density at radius 3 is 1.30 bits per heavy atom. The number of allylic oxidation sites excluding steroid dienone is 2. The molecule has 0 atom stereocenters. The van der Waals surface area contributed by atoms with E-state index in [4.69, 9.17) is 0 Å². The zero-order valence-electron chi connectivity index (χ0n) is 6.98. The van der Waals surface area contributed by atoms with Gasteiger partial charge in [0.2, 0.25) is 0 Å². The Balaban J connectivity index is 2.35. The van der Waals surface area contributed by atoms with E-state index in [0.717, 1.165) is 11.8 Å². The topological polar surface area (TPSA) is 0 Å². The molecule has 0 heteroatoms. The molecule has 3 aliphatic carbocycles. The third-order valence-electron chi connectivity index (χ3n) is 3.57. The maximum Gasteiger partial charge on any atom is -0.0203 e. The van der Waals surface area contributed by atoms with Crippen LogP contribution in [-0.2, 0) is 0 Å². The summed E-state index contributed by atoms with van der Waals surface area (Å²) in [5, 5.41) is 0. The second-order valence-corrected chi connectivity index (χ2v) is 3.91. The molecule has 0 spiro atoms. The zero-order chi connectivity index (χ0) is 7.14. The molecule has 2 bridgehead atoms. The van der Waals surface area contributed by atoms with Gasteiger partial charge in [0, 0.05) is 0 Å². The molecule has 10 heavy (non-hydrogen) atoms. The van der Waals surface area contributed by atoms with Gasteiger partial charge >= 0.3 is 0 Å².